The molecule has 1 aromatic heterocycles. The average Bonchev–Trinajstić information content (AvgIpc) is 3.36. The van der Waals surface area contributed by atoms with Crippen LogP contribution in [0.4, 0.5) is 0 Å². The second-order valence-corrected chi connectivity index (χ2v) is 7.31. The summed E-state index contributed by atoms with van der Waals surface area (Å²) in [5.74, 6) is -1.62. The molecule has 1 saturated heterocycles. The first-order valence-electron chi connectivity index (χ1n) is 8.71. The molecule has 2 N–H and O–H groups in total. The Hall–Kier alpha value is -2.77. The Morgan fingerprint density at radius 3 is 2.78 bits per heavy atom. The molecular weight excluding hydrogens is 364 g/mol. The maximum absolute atomic E-state index is 12.6. The zero-order chi connectivity index (χ0) is 18.8. The number of nitrogens with one attached hydrogen (secondary N) is 1. The van der Waals surface area contributed by atoms with Crippen molar-refractivity contribution in [1.82, 2.24) is 10.3 Å². The molecule has 1 aliphatic rings. The minimum Gasteiger partial charge on any atom is -0.479 e. The SMILES string of the molecule is O=C(NC(C(=O)O)c1ccc2ccccc2c1)c1csc(C2CCCO2)n1. The van der Waals surface area contributed by atoms with Crippen molar-refractivity contribution in [2.75, 3.05) is 6.61 Å². The highest BCUT2D eigenvalue weighted by molar-refractivity contribution is 7.09. The molecule has 4 rings (SSSR count). The molecule has 0 aliphatic carbocycles. The fraction of sp³-hybridized carbons (Fsp3) is 0.250. The molecule has 1 amide bonds. The third kappa shape index (κ3) is 3.70. The number of carboxylic acids is 1. The second kappa shape index (κ2) is 7.46. The summed E-state index contributed by atoms with van der Waals surface area (Å²) >= 11 is 1.36. The van der Waals surface area contributed by atoms with Gasteiger partial charge >= 0.3 is 5.97 Å². The summed E-state index contributed by atoms with van der Waals surface area (Å²) in [6.07, 6.45) is 1.81. The van der Waals surface area contributed by atoms with Crippen LogP contribution >= 0.6 is 11.3 Å². The third-order valence-electron chi connectivity index (χ3n) is 4.59. The standard InChI is InChI=1S/C20H18N2O4S/c23-18(15-11-27-19(21-15)16-6-3-9-26-16)22-17(20(24)25)14-8-7-12-4-1-2-5-13(12)10-14/h1-2,4-5,7-8,10-11,16-17H,3,6,9H2,(H,22,23)(H,24,25). The van der Waals surface area contributed by atoms with Gasteiger partial charge in [0.05, 0.1) is 0 Å². The minimum atomic E-state index is -1.14. The number of nitrogens with zero attached hydrogens (tertiary/aromatic N) is 1. The van der Waals surface area contributed by atoms with E-state index in [0.29, 0.717) is 12.2 Å². The van der Waals surface area contributed by atoms with E-state index in [1.165, 1.54) is 11.3 Å². The number of thiazole rings is 1. The number of ether oxygens (including phenoxy) is 1. The van der Waals surface area contributed by atoms with E-state index in [1.807, 2.05) is 30.3 Å². The summed E-state index contributed by atoms with van der Waals surface area (Å²) in [6, 6.07) is 11.9. The Labute approximate surface area is 159 Å². The summed E-state index contributed by atoms with van der Waals surface area (Å²) in [5.41, 5.74) is 0.738. The van der Waals surface area contributed by atoms with Crippen molar-refractivity contribution < 1.29 is 19.4 Å². The van der Waals surface area contributed by atoms with Crippen molar-refractivity contribution in [2.45, 2.75) is 25.0 Å². The van der Waals surface area contributed by atoms with Crippen molar-refractivity contribution >= 4 is 34.0 Å². The van der Waals surface area contributed by atoms with Crippen molar-refractivity contribution in [3.05, 3.63) is 64.1 Å². The van der Waals surface area contributed by atoms with E-state index < -0.39 is 17.9 Å². The van der Waals surface area contributed by atoms with Crippen molar-refractivity contribution in [3.63, 3.8) is 0 Å². The molecule has 3 aromatic rings. The van der Waals surface area contributed by atoms with E-state index in [-0.39, 0.29) is 11.8 Å². The maximum atomic E-state index is 12.6. The number of carboxylic acid groups (broad SMARTS) is 1. The fourth-order valence-corrected chi connectivity index (χ4v) is 4.07. The van der Waals surface area contributed by atoms with Gasteiger partial charge in [0.25, 0.3) is 5.91 Å². The number of aromatic nitrogens is 1. The minimum absolute atomic E-state index is 0.0627. The lowest BCUT2D eigenvalue weighted by Gasteiger charge is -2.15. The van der Waals surface area contributed by atoms with Gasteiger partial charge in [-0.2, -0.15) is 0 Å². The van der Waals surface area contributed by atoms with Crippen LogP contribution in [0.2, 0.25) is 0 Å². The van der Waals surface area contributed by atoms with E-state index in [2.05, 4.69) is 10.3 Å². The quantitative estimate of drug-likeness (QED) is 0.702. The van der Waals surface area contributed by atoms with Gasteiger partial charge in [-0.15, -0.1) is 11.3 Å². The van der Waals surface area contributed by atoms with Gasteiger partial charge in [0.15, 0.2) is 6.04 Å². The van der Waals surface area contributed by atoms with Crippen LogP contribution in [-0.2, 0) is 9.53 Å². The molecule has 27 heavy (non-hydrogen) atoms. The highest BCUT2D eigenvalue weighted by Gasteiger charge is 2.26. The third-order valence-corrected chi connectivity index (χ3v) is 5.53. The largest absolute Gasteiger partial charge is 0.479 e. The number of hydrogen-bond donors (Lipinski definition) is 2. The molecule has 6 nitrogen and oxygen atoms in total. The van der Waals surface area contributed by atoms with Crippen LogP contribution in [0.15, 0.2) is 47.8 Å². The molecule has 2 heterocycles. The van der Waals surface area contributed by atoms with E-state index in [9.17, 15) is 14.7 Å². The summed E-state index contributed by atoms with van der Waals surface area (Å²) in [4.78, 5) is 28.7. The first kappa shape index (κ1) is 17.6. The molecule has 0 radical (unpaired) electrons. The van der Waals surface area contributed by atoms with Gasteiger partial charge < -0.3 is 15.2 Å². The molecule has 2 atom stereocenters. The highest BCUT2D eigenvalue weighted by Crippen LogP contribution is 2.30. The molecular formula is C20H18N2O4S. The van der Waals surface area contributed by atoms with Crippen LogP contribution < -0.4 is 5.32 Å². The zero-order valence-corrected chi connectivity index (χ0v) is 15.2. The Bertz CT molecular complexity index is 994. The molecule has 1 aliphatic heterocycles. The molecule has 7 heteroatoms. The van der Waals surface area contributed by atoms with Gasteiger partial charge in [-0.25, -0.2) is 9.78 Å². The van der Waals surface area contributed by atoms with Gasteiger partial charge in [-0.3, -0.25) is 4.79 Å². The van der Waals surface area contributed by atoms with Crippen molar-refractivity contribution in [1.29, 1.82) is 0 Å². The predicted molar refractivity (Wildman–Crippen MR) is 102 cm³/mol. The van der Waals surface area contributed by atoms with Gasteiger partial charge in [0, 0.05) is 12.0 Å². The number of carbonyl (C=O) groups excluding carboxylic acids is 1. The molecule has 138 valence electrons. The summed E-state index contributed by atoms with van der Waals surface area (Å²) in [6.45, 7) is 0.703. The molecule has 0 bridgehead atoms. The van der Waals surface area contributed by atoms with Gasteiger partial charge in [0.2, 0.25) is 0 Å². The van der Waals surface area contributed by atoms with Crippen LogP contribution in [0.5, 0.6) is 0 Å². The van der Waals surface area contributed by atoms with Crippen LogP contribution in [0, 0.1) is 0 Å². The Morgan fingerprint density at radius 1 is 1.22 bits per heavy atom. The number of benzene rings is 2. The normalized spacial score (nSPS) is 17.7. The number of carbonyl (C=O) groups is 2. The zero-order valence-electron chi connectivity index (χ0n) is 14.4. The number of aliphatic carboxylic acids is 1. The first-order chi connectivity index (χ1) is 13.1. The summed E-state index contributed by atoms with van der Waals surface area (Å²) in [5, 5.41) is 16.5. The highest BCUT2D eigenvalue weighted by atomic mass is 32.1. The van der Waals surface area contributed by atoms with E-state index in [1.54, 1.807) is 17.5 Å². The van der Waals surface area contributed by atoms with Crippen LogP contribution in [0.25, 0.3) is 10.8 Å². The van der Waals surface area contributed by atoms with E-state index in [4.69, 9.17) is 4.74 Å². The van der Waals surface area contributed by atoms with Crippen LogP contribution in [-0.4, -0.2) is 28.6 Å². The van der Waals surface area contributed by atoms with Crippen molar-refractivity contribution in [2.24, 2.45) is 0 Å². The van der Waals surface area contributed by atoms with Gasteiger partial charge in [-0.05, 0) is 35.2 Å². The molecule has 2 aromatic carbocycles. The van der Waals surface area contributed by atoms with E-state index >= 15 is 0 Å². The maximum Gasteiger partial charge on any atom is 0.330 e. The molecule has 0 spiro atoms. The monoisotopic (exact) mass is 382 g/mol. The van der Waals surface area contributed by atoms with Gasteiger partial charge in [-0.1, -0.05) is 36.4 Å². The molecule has 2 unspecified atom stereocenters. The van der Waals surface area contributed by atoms with Gasteiger partial charge in [0.1, 0.15) is 16.8 Å². The first-order valence-corrected chi connectivity index (χ1v) is 9.59. The molecule has 0 saturated carbocycles. The Kier molecular flexibility index (Phi) is 4.87. The Balaban J connectivity index is 1.55. The van der Waals surface area contributed by atoms with Crippen LogP contribution in [0.3, 0.4) is 0 Å². The number of amides is 1. The van der Waals surface area contributed by atoms with E-state index in [0.717, 1.165) is 28.6 Å². The fourth-order valence-electron chi connectivity index (χ4n) is 3.19. The van der Waals surface area contributed by atoms with Crippen LogP contribution in [0.1, 0.15) is 46.0 Å². The summed E-state index contributed by atoms with van der Waals surface area (Å²) < 4.78 is 5.58. The lowest BCUT2D eigenvalue weighted by Crippen LogP contribution is -2.34. The number of rotatable bonds is 5. The van der Waals surface area contributed by atoms with Crippen molar-refractivity contribution in [3.8, 4) is 0 Å². The molecule has 1 fully saturated rings. The smallest absolute Gasteiger partial charge is 0.330 e. The predicted octanol–water partition coefficient (Wildman–Crippen LogP) is 3.70. The lowest BCUT2D eigenvalue weighted by molar-refractivity contribution is -0.139. The lowest BCUT2D eigenvalue weighted by atomic mass is 10.0. The number of fused-ring (bicyclic) bond motifs is 1. The second-order valence-electron chi connectivity index (χ2n) is 6.42. The topological polar surface area (TPSA) is 88.5 Å². The number of hydrogen-bond acceptors (Lipinski definition) is 5. The summed E-state index contributed by atoms with van der Waals surface area (Å²) in [7, 11) is 0. The average molecular weight is 382 g/mol. The Morgan fingerprint density at radius 2 is 2.04 bits per heavy atom.